The van der Waals surface area contributed by atoms with Crippen molar-refractivity contribution in [3.8, 4) is 11.5 Å². The van der Waals surface area contributed by atoms with E-state index in [-0.39, 0.29) is 5.91 Å². The number of anilines is 1. The molecule has 0 spiro atoms. The second-order valence-electron chi connectivity index (χ2n) is 4.82. The Balaban J connectivity index is 2.18. The van der Waals surface area contributed by atoms with Crippen LogP contribution in [0.2, 0.25) is 0 Å². The lowest BCUT2D eigenvalue weighted by atomic mass is 10.1. The Bertz CT molecular complexity index is 650. The van der Waals surface area contributed by atoms with Gasteiger partial charge in [-0.15, -0.1) is 0 Å². The largest absolute Gasteiger partial charge is 0.497 e. The number of rotatable bonds is 5. The fourth-order valence-corrected chi connectivity index (χ4v) is 2.03. The average Bonchev–Trinajstić information content (AvgIpc) is 2.54. The Morgan fingerprint density at radius 2 is 1.77 bits per heavy atom. The number of carbonyl (C=O) groups is 1. The molecule has 0 bridgehead atoms. The summed E-state index contributed by atoms with van der Waals surface area (Å²) < 4.78 is 10.3. The van der Waals surface area contributed by atoms with Crippen molar-refractivity contribution in [2.24, 2.45) is 0 Å². The molecular weight excluding hydrogens is 282 g/mol. The van der Waals surface area contributed by atoms with E-state index in [0.29, 0.717) is 22.7 Å². The number of benzene rings is 2. The molecule has 0 heterocycles. The molecule has 0 fully saturated rings. The molecule has 0 saturated carbocycles. The maximum atomic E-state index is 12.3. The molecule has 0 aromatic heterocycles. The van der Waals surface area contributed by atoms with Crippen molar-refractivity contribution in [3.05, 3.63) is 53.6 Å². The number of carbonyl (C=O) groups excluding carboxylic acids is 1. The summed E-state index contributed by atoms with van der Waals surface area (Å²) in [7, 11) is 3.06. The molecule has 1 atom stereocenters. The lowest BCUT2D eigenvalue weighted by Crippen LogP contribution is -2.13. The number of aliphatic hydroxyl groups excluding tert-OH is 1. The maximum absolute atomic E-state index is 12.3. The van der Waals surface area contributed by atoms with Gasteiger partial charge in [-0.1, -0.05) is 12.1 Å². The second kappa shape index (κ2) is 6.95. The summed E-state index contributed by atoms with van der Waals surface area (Å²) in [6.45, 7) is 1.69. The van der Waals surface area contributed by atoms with E-state index in [0.717, 1.165) is 5.56 Å². The highest BCUT2D eigenvalue weighted by Crippen LogP contribution is 2.25. The number of nitrogens with one attached hydrogen (secondary N) is 1. The molecule has 2 aromatic carbocycles. The highest BCUT2D eigenvalue weighted by molar-refractivity contribution is 6.06. The van der Waals surface area contributed by atoms with Crippen molar-refractivity contribution < 1.29 is 19.4 Å². The van der Waals surface area contributed by atoms with Crippen LogP contribution in [0.4, 0.5) is 5.69 Å². The van der Waals surface area contributed by atoms with Gasteiger partial charge in [-0.3, -0.25) is 4.79 Å². The van der Waals surface area contributed by atoms with E-state index in [4.69, 9.17) is 9.47 Å². The number of amides is 1. The van der Waals surface area contributed by atoms with Crippen molar-refractivity contribution in [1.29, 1.82) is 0 Å². The molecule has 0 aliphatic heterocycles. The molecule has 0 aliphatic rings. The molecule has 22 heavy (non-hydrogen) atoms. The van der Waals surface area contributed by atoms with Crippen LogP contribution in [0.3, 0.4) is 0 Å². The third kappa shape index (κ3) is 3.56. The predicted molar refractivity (Wildman–Crippen MR) is 84.6 cm³/mol. The van der Waals surface area contributed by atoms with Crippen LogP contribution < -0.4 is 14.8 Å². The average molecular weight is 301 g/mol. The normalized spacial score (nSPS) is 11.6. The minimum absolute atomic E-state index is 0.274. The van der Waals surface area contributed by atoms with E-state index in [9.17, 15) is 9.90 Å². The van der Waals surface area contributed by atoms with E-state index in [1.165, 1.54) is 7.11 Å². The highest BCUT2D eigenvalue weighted by Gasteiger charge is 2.13. The minimum Gasteiger partial charge on any atom is -0.497 e. The van der Waals surface area contributed by atoms with Gasteiger partial charge in [0.05, 0.1) is 25.9 Å². The van der Waals surface area contributed by atoms with Crippen molar-refractivity contribution in [2.45, 2.75) is 13.0 Å². The minimum atomic E-state index is -0.536. The first-order valence-corrected chi connectivity index (χ1v) is 6.86. The summed E-state index contributed by atoms with van der Waals surface area (Å²) in [5.74, 6) is 0.788. The van der Waals surface area contributed by atoms with Gasteiger partial charge in [0.15, 0.2) is 0 Å². The van der Waals surface area contributed by atoms with E-state index in [1.807, 2.05) is 0 Å². The second-order valence-corrected chi connectivity index (χ2v) is 4.82. The van der Waals surface area contributed by atoms with Crippen molar-refractivity contribution in [2.75, 3.05) is 19.5 Å². The zero-order valence-corrected chi connectivity index (χ0v) is 12.8. The van der Waals surface area contributed by atoms with Crippen LogP contribution in [0.25, 0.3) is 0 Å². The molecule has 2 N–H and O–H groups in total. The molecule has 1 amide bonds. The zero-order chi connectivity index (χ0) is 16.1. The first-order chi connectivity index (χ1) is 10.5. The molecule has 0 radical (unpaired) electrons. The van der Waals surface area contributed by atoms with Gasteiger partial charge in [0, 0.05) is 11.8 Å². The standard InChI is InChI=1S/C17H19NO4/c1-11(19)12-4-6-13(7-5-12)18-17(20)15-9-8-14(21-2)10-16(15)22-3/h4-11,19H,1-3H3,(H,18,20). The molecular formula is C17H19NO4. The number of aliphatic hydroxyl groups is 1. The van der Waals surface area contributed by atoms with Crippen molar-refractivity contribution >= 4 is 11.6 Å². The molecule has 5 heteroatoms. The summed E-state index contributed by atoms with van der Waals surface area (Å²) in [6, 6.07) is 12.0. The number of methoxy groups -OCH3 is 2. The van der Waals surface area contributed by atoms with Crippen molar-refractivity contribution in [1.82, 2.24) is 0 Å². The zero-order valence-electron chi connectivity index (χ0n) is 12.8. The predicted octanol–water partition coefficient (Wildman–Crippen LogP) is 3.01. The van der Waals surface area contributed by atoms with Crippen LogP contribution in [0, 0.1) is 0 Å². The van der Waals surface area contributed by atoms with E-state index in [1.54, 1.807) is 56.5 Å². The number of hydrogen-bond donors (Lipinski definition) is 2. The highest BCUT2D eigenvalue weighted by atomic mass is 16.5. The van der Waals surface area contributed by atoms with E-state index < -0.39 is 6.10 Å². The SMILES string of the molecule is COc1ccc(C(=O)Nc2ccc(C(C)O)cc2)c(OC)c1. The van der Waals surface area contributed by atoms with Gasteiger partial charge in [-0.25, -0.2) is 0 Å². The summed E-state index contributed by atoms with van der Waals surface area (Å²) in [5.41, 5.74) is 1.86. The Labute approximate surface area is 129 Å². The molecule has 2 aromatic rings. The van der Waals surface area contributed by atoms with Crippen LogP contribution >= 0.6 is 0 Å². The third-order valence-corrected chi connectivity index (χ3v) is 3.30. The van der Waals surface area contributed by atoms with Gasteiger partial charge in [-0.2, -0.15) is 0 Å². The van der Waals surface area contributed by atoms with Gasteiger partial charge >= 0.3 is 0 Å². The summed E-state index contributed by atoms with van der Waals surface area (Å²) in [4.78, 5) is 12.3. The van der Waals surface area contributed by atoms with Gasteiger partial charge in [-0.05, 0) is 36.8 Å². The smallest absolute Gasteiger partial charge is 0.259 e. The fourth-order valence-electron chi connectivity index (χ4n) is 2.03. The first kappa shape index (κ1) is 15.9. The topological polar surface area (TPSA) is 67.8 Å². The monoisotopic (exact) mass is 301 g/mol. The van der Waals surface area contributed by atoms with Crippen LogP contribution in [0.1, 0.15) is 28.9 Å². The number of ether oxygens (including phenoxy) is 2. The summed E-state index contributed by atoms with van der Waals surface area (Å²) >= 11 is 0. The van der Waals surface area contributed by atoms with Gasteiger partial charge in [0.2, 0.25) is 0 Å². The van der Waals surface area contributed by atoms with Gasteiger partial charge < -0.3 is 19.9 Å². The van der Waals surface area contributed by atoms with Crippen LogP contribution in [-0.4, -0.2) is 25.2 Å². The quantitative estimate of drug-likeness (QED) is 0.891. The summed E-state index contributed by atoms with van der Waals surface area (Å²) in [5, 5.41) is 12.3. The first-order valence-electron chi connectivity index (χ1n) is 6.86. The fraction of sp³-hybridized carbons (Fsp3) is 0.235. The van der Waals surface area contributed by atoms with E-state index in [2.05, 4.69) is 5.32 Å². The molecule has 2 rings (SSSR count). The molecule has 0 saturated heterocycles. The lowest BCUT2D eigenvalue weighted by molar-refractivity contribution is 0.102. The van der Waals surface area contributed by atoms with Gasteiger partial charge in [0.1, 0.15) is 11.5 Å². The Kier molecular flexibility index (Phi) is 5.01. The summed E-state index contributed by atoms with van der Waals surface area (Å²) in [6.07, 6.45) is -0.536. The Hall–Kier alpha value is -2.53. The van der Waals surface area contributed by atoms with Crippen molar-refractivity contribution in [3.63, 3.8) is 0 Å². The molecule has 5 nitrogen and oxygen atoms in total. The Morgan fingerprint density at radius 3 is 2.32 bits per heavy atom. The van der Waals surface area contributed by atoms with Crippen LogP contribution in [0.15, 0.2) is 42.5 Å². The number of hydrogen-bond acceptors (Lipinski definition) is 4. The maximum Gasteiger partial charge on any atom is 0.259 e. The molecule has 1 unspecified atom stereocenters. The van der Waals surface area contributed by atoms with Gasteiger partial charge in [0.25, 0.3) is 5.91 Å². The molecule has 0 aliphatic carbocycles. The van der Waals surface area contributed by atoms with Crippen LogP contribution in [0.5, 0.6) is 11.5 Å². The van der Waals surface area contributed by atoms with E-state index >= 15 is 0 Å². The van der Waals surface area contributed by atoms with Crippen LogP contribution in [-0.2, 0) is 0 Å². The lowest BCUT2D eigenvalue weighted by Gasteiger charge is -2.11. The third-order valence-electron chi connectivity index (χ3n) is 3.30. The molecule has 116 valence electrons. The Morgan fingerprint density at radius 1 is 1.09 bits per heavy atom.